The molecule has 35 heavy (non-hydrogen) atoms. The fourth-order valence-corrected chi connectivity index (χ4v) is 4.10. The number of para-hydroxylation sites is 2. The van der Waals surface area contributed by atoms with E-state index in [1.54, 1.807) is 22.9 Å². The molecule has 0 saturated heterocycles. The third-order valence-electron chi connectivity index (χ3n) is 5.96. The minimum Gasteiger partial charge on any atom is -0.435 e. The number of hydrogen-bond acceptors (Lipinski definition) is 5. The summed E-state index contributed by atoms with van der Waals surface area (Å²) in [5.41, 5.74) is 2.59. The molecule has 1 atom stereocenters. The maximum Gasteiger partial charge on any atom is 0.227 e. The Labute approximate surface area is 206 Å². The van der Waals surface area contributed by atoms with Crippen molar-refractivity contribution in [2.75, 3.05) is 26.3 Å². The molecular formula is C28H32FN3O3. The van der Waals surface area contributed by atoms with Gasteiger partial charge in [-0.2, -0.15) is 5.10 Å². The highest BCUT2D eigenvalue weighted by Gasteiger charge is 2.29. The largest absolute Gasteiger partial charge is 0.435 e. The van der Waals surface area contributed by atoms with Crippen LogP contribution in [0.5, 0.6) is 11.6 Å². The molecule has 6 nitrogen and oxygen atoms in total. The van der Waals surface area contributed by atoms with Gasteiger partial charge in [-0.25, -0.2) is 9.07 Å². The molecule has 1 heterocycles. The normalized spacial score (nSPS) is 14.1. The van der Waals surface area contributed by atoms with E-state index in [-0.39, 0.29) is 19.0 Å². The fraction of sp³-hybridized carbons (Fsp3) is 0.393. The number of benzene rings is 2. The number of terminal acetylenes is 1. The van der Waals surface area contributed by atoms with Gasteiger partial charge in [0.15, 0.2) is 11.6 Å². The Morgan fingerprint density at radius 2 is 1.94 bits per heavy atom. The highest BCUT2D eigenvalue weighted by Crippen LogP contribution is 2.35. The number of ether oxygens (including phenoxy) is 2. The van der Waals surface area contributed by atoms with Crippen molar-refractivity contribution in [2.24, 2.45) is 5.92 Å². The second kappa shape index (κ2) is 12.0. The van der Waals surface area contributed by atoms with Crippen molar-refractivity contribution in [2.45, 2.75) is 38.8 Å². The summed E-state index contributed by atoms with van der Waals surface area (Å²) in [6.45, 7) is 4.19. The molecule has 2 aromatic carbocycles. The zero-order valence-electron chi connectivity index (χ0n) is 20.1. The third-order valence-corrected chi connectivity index (χ3v) is 5.96. The molecule has 0 amide bonds. The Kier molecular flexibility index (Phi) is 8.54. The molecule has 1 N–H and O–H groups in total. The molecule has 1 saturated carbocycles. The SMILES string of the molecule is C#CCOCC(O)CN(Cc1c(CC)nn(-c2ccccc2)c1Oc1ccccc1F)CC1CC1. The summed E-state index contributed by atoms with van der Waals surface area (Å²) in [4.78, 5) is 2.21. The lowest BCUT2D eigenvalue weighted by atomic mass is 10.1. The van der Waals surface area contributed by atoms with Crippen molar-refractivity contribution >= 4 is 0 Å². The summed E-state index contributed by atoms with van der Waals surface area (Å²) in [6.07, 6.45) is 7.63. The Morgan fingerprint density at radius 3 is 2.63 bits per heavy atom. The average molecular weight is 478 g/mol. The maximum atomic E-state index is 14.6. The average Bonchev–Trinajstić information content (AvgIpc) is 3.62. The molecule has 0 aliphatic heterocycles. The first-order valence-corrected chi connectivity index (χ1v) is 12.1. The summed E-state index contributed by atoms with van der Waals surface area (Å²) in [5.74, 6) is 3.22. The van der Waals surface area contributed by atoms with Crippen LogP contribution < -0.4 is 4.74 Å². The molecule has 1 aliphatic carbocycles. The number of nitrogens with zero attached hydrogens (tertiary/aromatic N) is 3. The van der Waals surface area contributed by atoms with E-state index in [0.717, 1.165) is 23.5 Å². The van der Waals surface area contributed by atoms with Crippen molar-refractivity contribution in [3.05, 3.63) is 71.7 Å². The van der Waals surface area contributed by atoms with E-state index in [0.29, 0.717) is 31.3 Å². The van der Waals surface area contributed by atoms with Gasteiger partial charge >= 0.3 is 0 Å². The molecule has 0 radical (unpaired) electrons. The van der Waals surface area contributed by atoms with Crippen LogP contribution in [0.4, 0.5) is 4.39 Å². The van der Waals surface area contributed by atoms with Crippen LogP contribution in [0.1, 0.15) is 31.0 Å². The molecule has 7 heteroatoms. The van der Waals surface area contributed by atoms with E-state index in [4.69, 9.17) is 21.0 Å². The lowest BCUT2D eigenvalue weighted by Gasteiger charge is -2.25. The van der Waals surface area contributed by atoms with Crippen molar-refractivity contribution in [1.29, 1.82) is 0 Å². The van der Waals surface area contributed by atoms with Crippen LogP contribution in [0.2, 0.25) is 0 Å². The Hall–Kier alpha value is -3.18. The van der Waals surface area contributed by atoms with Gasteiger partial charge in [-0.3, -0.25) is 4.90 Å². The van der Waals surface area contributed by atoms with Crippen LogP contribution >= 0.6 is 0 Å². The van der Waals surface area contributed by atoms with Gasteiger partial charge in [-0.1, -0.05) is 43.2 Å². The van der Waals surface area contributed by atoms with Crippen LogP contribution in [0.25, 0.3) is 5.69 Å². The quantitative estimate of drug-likeness (QED) is 0.288. The lowest BCUT2D eigenvalue weighted by molar-refractivity contribution is 0.0249. The second-order valence-corrected chi connectivity index (χ2v) is 8.87. The smallest absolute Gasteiger partial charge is 0.227 e. The highest BCUT2D eigenvalue weighted by molar-refractivity contribution is 5.44. The van der Waals surface area contributed by atoms with Gasteiger partial charge in [-0.15, -0.1) is 6.42 Å². The molecule has 1 aliphatic rings. The first kappa shape index (κ1) is 24.9. The monoisotopic (exact) mass is 477 g/mol. The summed E-state index contributed by atoms with van der Waals surface area (Å²) in [7, 11) is 0. The number of aryl methyl sites for hydroxylation is 1. The van der Waals surface area contributed by atoms with Crippen molar-refractivity contribution in [3.8, 4) is 29.7 Å². The zero-order chi connectivity index (χ0) is 24.6. The van der Waals surface area contributed by atoms with Gasteiger partial charge < -0.3 is 14.6 Å². The molecule has 1 unspecified atom stereocenters. The Morgan fingerprint density at radius 1 is 1.20 bits per heavy atom. The Bertz CT molecular complexity index is 1140. The lowest BCUT2D eigenvalue weighted by Crippen LogP contribution is -2.36. The number of halogens is 1. The van der Waals surface area contributed by atoms with Crippen LogP contribution in [0.15, 0.2) is 54.6 Å². The summed E-state index contributed by atoms with van der Waals surface area (Å²) < 4.78 is 27.9. The summed E-state index contributed by atoms with van der Waals surface area (Å²) in [5, 5.41) is 15.4. The van der Waals surface area contributed by atoms with E-state index in [2.05, 4.69) is 10.8 Å². The molecule has 4 rings (SSSR count). The minimum absolute atomic E-state index is 0.143. The molecule has 0 bridgehead atoms. The second-order valence-electron chi connectivity index (χ2n) is 8.87. The summed E-state index contributed by atoms with van der Waals surface area (Å²) in [6, 6.07) is 16.1. The zero-order valence-corrected chi connectivity index (χ0v) is 20.1. The molecule has 1 fully saturated rings. The van der Waals surface area contributed by atoms with E-state index in [1.165, 1.54) is 18.9 Å². The number of rotatable bonds is 13. The van der Waals surface area contributed by atoms with Gasteiger partial charge in [0.1, 0.15) is 6.61 Å². The molecule has 184 valence electrons. The van der Waals surface area contributed by atoms with Gasteiger partial charge in [0, 0.05) is 19.6 Å². The third kappa shape index (κ3) is 6.70. The van der Waals surface area contributed by atoms with Gasteiger partial charge in [0.2, 0.25) is 5.88 Å². The van der Waals surface area contributed by atoms with Crippen molar-refractivity contribution in [1.82, 2.24) is 14.7 Å². The molecule has 0 spiro atoms. The van der Waals surface area contributed by atoms with E-state index >= 15 is 0 Å². The number of aliphatic hydroxyl groups is 1. The topological polar surface area (TPSA) is 59.8 Å². The number of hydrogen-bond donors (Lipinski definition) is 1. The van der Waals surface area contributed by atoms with Crippen LogP contribution in [0, 0.1) is 24.1 Å². The molecule has 1 aromatic heterocycles. The maximum absolute atomic E-state index is 14.6. The predicted octanol–water partition coefficient (Wildman–Crippen LogP) is 4.59. The van der Waals surface area contributed by atoms with Crippen molar-refractivity contribution in [3.63, 3.8) is 0 Å². The first-order valence-electron chi connectivity index (χ1n) is 12.1. The van der Waals surface area contributed by atoms with E-state index in [1.807, 2.05) is 37.3 Å². The molecule has 3 aromatic rings. The number of aromatic nitrogens is 2. The van der Waals surface area contributed by atoms with Crippen LogP contribution in [0.3, 0.4) is 0 Å². The fourth-order valence-electron chi connectivity index (χ4n) is 4.10. The van der Waals surface area contributed by atoms with Gasteiger partial charge in [0.05, 0.1) is 29.7 Å². The van der Waals surface area contributed by atoms with Gasteiger partial charge in [0.25, 0.3) is 0 Å². The minimum atomic E-state index is -0.674. The van der Waals surface area contributed by atoms with Crippen LogP contribution in [-0.2, 0) is 17.7 Å². The predicted molar refractivity (Wildman–Crippen MR) is 133 cm³/mol. The van der Waals surface area contributed by atoms with E-state index < -0.39 is 11.9 Å². The van der Waals surface area contributed by atoms with E-state index in [9.17, 15) is 9.50 Å². The first-order chi connectivity index (χ1) is 17.1. The molecular weight excluding hydrogens is 445 g/mol. The summed E-state index contributed by atoms with van der Waals surface area (Å²) >= 11 is 0. The highest BCUT2D eigenvalue weighted by atomic mass is 19.1. The van der Waals surface area contributed by atoms with Crippen LogP contribution in [-0.4, -0.2) is 52.2 Å². The standard InChI is InChI=1S/C28H32FN3O3/c1-3-16-34-20-23(33)18-31(17-21-14-15-21)19-24-26(4-2)30-32(22-10-6-5-7-11-22)28(24)35-27-13-9-8-12-25(27)29/h1,5-13,21,23,33H,4,14-20H2,2H3. The number of aliphatic hydroxyl groups excluding tert-OH is 1. The Balaban J connectivity index is 1.67. The van der Waals surface area contributed by atoms with Gasteiger partial charge in [-0.05, 0) is 49.4 Å². The van der Waals surface area contributed by atoms with Crippen molar-refractivity contribution < 1.29 is 19.0 Å².